The van der Waals surface area contributed by atoms with Gasteiger partial charge in [0.15, 0.2) is 17.2 Å². The molecule has 2 amide bonds. The van der Waals surface area contributed by atoms with Crippen LogP contribution < -0.4 is 5.32 Å². The molecule has 3 heterocycles. The predicted octanol–water partition coefficient (Wildman–Crippen LogP) is 4.39. The van der Waals surface area contributed by atoms with Crippen LogP contribution in [0, 0.1) is 0 Å². The Morgan fingerprint density at radius 1 is 0.968 bits per heavy atom. The average Bonchev–Trinajstić information content (AvgIpc) is 3.51. The summed E-state index contributed by atoms with van der Waals surface area (Å²) in [6, 6.07) is 20.2. The molecule has 4 aromatic rings. The Hall–Kier alpha value is -4.13. The molecular weight excluding hydrogens is 394 g/mol. The summed E-state index contributed by atoms with van der Waals surface area (Å²) < 4.78 is 10.5. The first kappa shape index (κ1) is 18.9. The van der Waals surface area contributed by atoms with E-state index in [0.29, 0.717) is 30.3 Å². The van der Waals surface area contributed by atoms with E-state index in [2.05, 4.69) is 10.5 Å². The lowest BCUT2D eigenvalue weighted by Crippen LogP contribution is -2.35. The minimum Gasteiger partial charge on any atom is -0.459 e. The third-order valence-electron chi connectivity index (χ3n) is 5.30. The second kappa shape index (κ2) is 7.95. The lowest BCUT2D eigenvalue weighted by atomic mass is 9.98. The van der Waals surface area contributed by atoms with Crippen molar-refractivity contribution in [1.29, 1.82) is 0 Å². The van der Waals surface area contributed by atoms with Crippen molar-refractivity contribution in [3.8, 4) is 11.3 Å². The lowest BCUT2D eigenvalue weighted by Gasteiger charge is -2.28. The Bertz CT molecular complexity index is 1230. The van der Waals surface area contributed by atoms with Gasteiger partial charge in [-0.1, -0.05) is 41.6 Å². The highest BCUT2D eigenvalue weighted by Gasteiger charge is 2.24. The third kappa shape index (κ3) is 3.85. The third-order valence-corrected chi connectivity index (χ3v) is 5.30. The predicted molar refractivity (Wildman–Crippen MR) is 113 cm³/mol. The van der Waals surface area contributed by atoms with Crippen molar-refractivity contribution in [2.75, 3.05) is 11.9 Å². The number of nitrogens with zero attached hydrogens (tertiary/aromatic N) is 2. The minimum atomic E-state index is -0.356. The fraction of sp³-hybridized carbons (Fsp3) is 0.125. The van der Waals surface area contributed by atoms with E-state index in [1.807, 2.05) is 48.5 Å². The first-order chi connectivity index (χ1) is 15.2. The van der Waals surface area contributed by atoms with Crippen LogP contribution in [0.3, 0.4) is 0 Å². The molecule has 2 aromatic heterocycles. The lowest BCUT2D eigenvalue weighted by molar-refractivity contribution is 0.0702. The molecule has 0 unspecified atom stereocenters. The second-order valence-corrected chi connectivity index (χ2v) is 7.33. The molecule has 0 fully saturated rings. The standard InChI is InChI=1S/C24H19N3O4/c28-23(20-14-22(31-26-20)17-5-2-1-3-6-17)25-19-9-8-16-10-11-27(15-18(16)13-19)24(29)21-7-4-12-30-21/h1-9,12-14H,10-11,15H2,(H,25,28). The van der Waals surface area contributed by atoms with E-state index in [-0.39, 0.29) is 17.5 Å². The van der Waals surface area contributed by atoms with Crippen molar-refractivity contribution < 1.29 is 18.5 Å². The normalized spacial score (nSPS) is 13.0. The van der Waals surface area contributed by atoms with Gasteiger partial charge in [0.2, 0.25) is 0 Å². The van der Waals surface area contributed by atoms with Gasteiger partial charge in [0.05, 0.1) is 6.26 Å². The average molecular weight is 413 g/mol. The molecule has 154 valence electrons. The Balaban J connectivity index is 1.30. The Kier molecular flexibility index (Phi) is 4.84. The number of fused-ring (bicyclic) bond motifs is 1. The smallest absolute Gasteiger partial charge is 0.289 e. The number of hydrogen-bond acceptors (Lipinski definition) is 5. The maximum atomic E-state index is 12.6. The molecule has 0 atom stereocenters. The maximum Gasteiger partial charge on any atom is 0.289 e. The Morgan fingerprint density at radius 3 is 2.65 bits per heavy atom. The van der Waals surface area contributed by atoms with Crippen LogP contribution >= 0.6 is 0 Å². The first-order valence-electron chi connectivity index (χ1n) is 9.95. The van der Waals surface area contributed by atoms with E-state index in [1.54, 1.807) is 23.1 Å². The van der Waals surface area contributed by atoms with Gasteiger partial charge < -0.3 is 19.2 Å². The van der Waals surface area contributed by atoms with Crippen molar-refractivity contribution in [3.63, 3.8) is 0 Å². The molecule has 0 radical (unpaired) electrons. The number of hydrogen-bond donors (Lipinski definition) is 1. The van der Waals surface area contributed by atoms with Gasteiger partial charge in [-0.05, 0) is 41.8 Å². The van der Waals surface area contributed by atoms with Crippen LogP contribution in [0.25, 0.3) is 11.3 Å². The van der Waals surface area contributed by atoms with Gasteiger partial charge in [0.25, 0.3) is 11.8 Å². The highest BCUT2D eigenvalue weighted by Crippen LogP contribution is 2.25. The first-order valence-corrected chi connectivity index (χ1v) is 9.95. The number of nitrogens with one attached hydrogen (secondary N) is 1. The van der Waals surface area contributed by atoms with Crippen molar-refractivity contribution >= 4 is 17.5 Å². The molecule has 0 bridgehead atoms. The summed E-state index contributed by atoms with van der Waals surface area (Å²) in [5.74, 6) is 0.364. The molecule has 31 heavy (non-hydrogen) atoms. The molecule has 0 aliphatic carbocycles. The Labute approximate surface area is 178 Å². The molecule has 1 N–H and O–H groups in total. The van der Waals surface area contributed by atoms with E-state index >= 15 is 0 Å². The summed E-state index contributed by atoms with van der Waals surface area (Å²) in [6.07, 6.45) is 2.24. The molecule has 0 saturated carbocycles. The van der Waals surface area contributed by atoms with Crippen molar-refractivity contribution in [1.82, 2.24) is 10.1 Å². The summed E-state index contributed by atoms with van der Waals surface area (Å²) in [5, 5.41) is 6.75. The minimum absolute atomic E-state index is 0.138. The molecule has 7 nitrogen and oxygen atoms in total. The van der Waals surface area contributed by atoms with Crippen molar-refractivity contribution in [3.05, 3.63) is 95.6 Å². The molecular formula is C24H19N3O4. The molecule has 1 aliphatic heterocycles. The highest BCUT2D eigenvalue weighted by molar-refractivity contribution is 6.03. The summed E-state index contributed by atoms with van der Waals surface area (Å²) in [7, 11) is 0. The number of carbonyl (C=O) groups is 2. The number of amides is 2. The second-order valence-electron chi connectivity index (χ2n) is 7.33. The number of furan rings is 1. The fourth-order valence-corrected chi connectivity index (χ4v) is 3.68. The van der Waals surface area contributed by atoms with Gasteiger partial charge in [0, 0.05) is 30.4 Å². The van der Waals surface area contributed by atoms with Crippen LogP contribution in [0.4, 0.5) is 5.69 Å². The number of rotatable bonds is 4. The van der Waals surface area contributed by atoms with Crippen LogP contribution in [0.15, 0.2) is 81.9 Å². The van der Waals surface area contributed by atoms with Crippen LogP contribution in [0.5, 0.6) is 0 Å². The van der Waals surface area contributed by atoms with Crippen LogP contribution in [-0.2, 0) is 13.0 Å². The van der Waals surface area contributed by atoms with Crippen LogP contribution in [0.1, 0.15) is 32.2 Å². The van der Waals surface area contributed by atoms with E-state index in [4.69, 9.17) is 8.94 Å². The zero-order valence-corrected chi connectivity index (χ0v) is 16.6. The molecule has 2 aromatic carbocycles. The largest absolute Gasteiger partial charge is 0.459 e. The van der Waals surface area contributed by atoms with E-state index in [9.17, 15) is 9.59 Å². The molecule has 1 aliphatic rings. The van der Waals surface area contributed by atoms with Gasteiger partial charge in [-0.3, -0.25) is 9.59 Å². The van der Waals surface area contributed by atoms with Crippen LogP contribution in [0.2, 0.25) is 0 Å². The van der Waals surface area contributed by atoms with E-state index in [1.165, 1.54) is 6.26 Å². The van der Waals surface area contributed by atoms with Gasteiger partial charge in [-0.25, -0.2) is 0 Å². The van der Waals surface area contributed by atoms with E-state index in [0.717, 1.165) is 23.1 Å². The molecule has 0 saturated heterocycles. The summed E-state index contributed by atoms with van der Waals surface area (Å²) in [4.78, 5) is 27.0. The number of carbonyl (C=O) groups excluding carboxylic acids is 2. The highest BCUT2D eigenvalue weighted by atomic mass is 16.5. The van der Waals surface area contributed by atoms with Crippen LogP contribution in [-0.4, -0.2) is 28.4 Å². The number of aromatic nitrogens is 1. The van der Waals surface area contributed by atoms with Crippen molar-refractivity contribution in [2.45, 2.75) is 13.0 Å². The zero-order valence-electron chi connectivity index (χ0n) is 16.6. The number of anilines is 1. The summed E-state index contributed by atoms with van der Waals surface area (Å²) in [5.41, 5.74) is 3.85. The monoisotopic (exact) mass is 413 g/mol. The topological polar surface area (TPSA) is 88.6 Å². The van der Waals surface area contributed by atoms with E-state index < -0.39 is 0 Å². The number of benzene rings is 2. The fourth-order valence-electron chi connectivity index (χ4n) is 3.68. The van der Waals surface area contributed by atoms with Gasteiger partial charge in [-0.2, -0.15) is 0 Å². The molecule has 7 heteroatoms. The molecule has 0 spiro atoms. The maximum absolute atomic E-state index is 12.6. The zero-order chi connectivity index (χ0) is 21.2. The Morgan fingerprint density at radius 2 is 1.84 bits per heavy atom. The molecule has 5 rings (SSSR count). The van der Waals surface area contributed by atoms with Gasteiger partial charge in [0.1, 0.15) is 0 Å². The summed E-state index contributed by atoms with van der Waals surface area (Å²) >= 11 is 0. The van der Waals surface area contributed by atoms with Gasteiger partial charge >= 0.3 is 0 Å². The summed E-state index contributed by atoms with van der Waals surface area (Å²) in [6.45, 7) is 1.08. The van der Waals surface area contributed by atoms with Crippen molar-refractivity contribution in [2.24, 2.45) is 0 Å². The quantitative estimate of drug-likeness (QED) is 0.536. The SMILES string of the molecule is O=C(Nc1ccc2c(c1)CN(C(=O)c1ccco1)CC2)c1cc(-c2ccccc2)on1. The van der Waals surface area contributed by atoms with Gasteiger partial charge in [-0.15, -0.1) is 0 Å².